The Hall–Kier alpha value is -0.360. The Morgan fingerprint density at radius 2 is 2.24 bits per heavy atom. The van der Waals surface area contributed by atoms with Crippen LogP contribution in [0.2, 0.25) is 0 Å². The third-order valence-corrected chi connectivity index (χ3v) is 4.83. The van der Waals surface area contributed by atoms with Gasteiger partial charge in [-0.2, -0.15) is 0 Å². The molecular weight excluding hydrogens is 329 g/mol. The van der Waals surface area contributed by atoms with Gasteiger partial charge in [0.25, 0.3) is 0 Å². The minimum absolute atomic E-state index is 0. The molecule has 0 saturated carbocycles. The first-order valence-electron chi connectivity index (χ1n) is 6.92. The zero-order valence-corrected chi connectivity index (χ0v) is 15.2. The molecule has 1 aliphatic heterocycles. The number of carbonyl (C=O) groups excluding carboxylic acids is 1. The van der Waals surface area contributed by atoms with Crippen LogP contribution in [0, 0.1) is 12.8 Å². The molecule has 1 saturated heterocycles. The van der Waals surface area contributed by atoms with Crippen LogP contribution in [0.15, 0.2) is 5.38 Å². The number of nitrogens with one attached hydrogen (secondary N) is 2. The number of aromatic nitrogens is 1. The summed E-state index contributed by atoms with van der Waals surface area (Å²) in [6, 6.07) is 0. The first-order chi connectivity index (χ1) is 8.97. The minimum atomic E-state index is -0.371. The molecule has 4 nitrogen and oxygen atoms in total. The van der Waals surface area contributed by atoms with E-state index in [9.17, 15) is 4.79 Å². The number of thiazole rings is 1. The predicted molar refractivity (Wildman–Crippen MR) is 92.7 cm³/mol. The summed E-state index contributed by atoms with van der Waals surface area (Å²) in [5, 5.41) is 9.43. The molecule has 1 amide bonds. The van der Waals surface area contributed by atoms with E-state index in [1.54, 1.807) is 11.3 Å². The predicted octanol–water partition coefficient (Wildman–Crippen LogP) is 3.04. The largest absolute Gasteiger partial charge is 0.345 e. The van der Waals surface area contributed by atoms with Crippen molar-refractivity contribution in [3.8, 4) is 0 Å². The van der Waals surface area contributed by atoms with E-state index in [0.717, 1.165) is 30.2 Å². The average Bonchev–Trinajstić information content (AvgIpc) is 2.96. The van der Waals surface area contributed by atoms with Crippen molar-refractivity contribution < 1.29 is 4.79 Å². The SMILES string of the molecule is Cc1csc(C(C)(C)NC(=O)CCC2CCNC2)n1.Cl.Cl. The van der Waals surface area contributed by atoms with Crippen molar-refractivity contribution in [2.45, 2.75) is 45.6 Å². The fraction of sp³-hybridized carbons (Fsp3) is 0.714. The molecule has 1 fully saturated rings. The zero-order chi connectivity index (χ0) is 13.9. The maximum atomic E-state index is 12.0. The second kappa shape index (κ2) is 8.93. The molecule has 2 rings (SSSR count). The number of aryl methyl sites for hydroxylation is 1. The van der Waals surface area contributed by atoms with Crippen LogP contribution in [-0.4, -0.2) is 24.0 Å². The van der Waals surface area contributed by atoms with E-state index in [1.807, 2.05) is 26.2 Å². The van der Waals surface area contributed by atoms with Crippen LogP contribution in [0.3, 0.4) is 0 Å². The molecule has 0 aliphatic carbocycles. The van der Waals surface area contributed by atoms with E-state index in [1.165, 1.54) is 6.42 Å². The van der Waals surface area contributed by atoms with Gasteiger partial charge < -0.3 is 10.6 Å². The Morgan fingerprint density at radius 3 is 2.76 bits per heavy atom. The van der Waals surface area contributed by atoms with Crippen LogP contribution in [-0.2, 0) is 10.3 Å². The van der Waals surface area contributed by atoms with Crippen molar-refractivity contribution >= 4 is 42.1 Å². The second-order valence-corrected chi connectivity index (χ2v) is 6.72. The van der Waals surface area contributed by atoms with Crippen molar-refractivity contribution in [3.63, 3.8) is 0 Å². The summed E-state index contributed by atoms with van der Waals surface area (Å²) in [7, 11) is 0. The number of hydrogen-bond donors (Lipinski definition) is 2. The van der Waals surface area contributed by atoms with Gasteiger partial charge in [0.15, 0.2) is 0 Å². The summed E-state index contributed by atoms with van der Waals surface area (Å²) in [4.78, 5) is 16.5. The lowest BCUT2D eigenvalue weighted by atomic mass is 10.0. The topological polar surface area (TPSA) is 54.0 Å². The molecular formula is C14H25Cl2N3OS. The summed E-state index contributed by atoms with van der Waals surface area (Å²) in [6.07, 6.45) is 2.79. The molecule has 1 unspecified atom stereocenters. The number of rotatable bonds is 5. The fourth-order valence-electron chi connectivity index (χ4n) is 2.40. The van der Waals surface area contributed by atoms with Crippen LogP contribution in [0.5, 0.6) is 0 Å². The van der Waals surface area contributed by atoms with Gasteiger partial charge >= 0.3 is 0 Å². The molecule has 0 spiro atoms. The monoisotopic (exact) mass is 353 g/mol. The van der Waals surface area contributed by atoms with Gasteiger partial charge in [0.1, 0.15) is 5.01 Å². The molecule has 122 valence electrons. The van der Waals surface area contributed by atoms with E-state index in [4.69, 9.17) is 0 Å². The van der Waals surface area contributed by atoms with Crippen LogP contribution >= 0.6 is 36.2 Å². The zero-order valence-electron chi connectivity index (χ0n) is 12.8. The van der Waals surface area contributed by atoms with Gasteiger partial charge in [-0.1, -0.05) is 0 Å². The van der Waals surface area contributed by atoms with Crippen LogP contribution in [0.1, 0.15) is 43.8 Å². The fourth-order valence-corrected chi connectivity index (χ4v) is 3.28. The minimum Gasteiger partial charge on any atom is -0.345 e. The van der Waals surface area contributed by atoms with Crippen LogP contribution in [0.4, 0.5) is 0 Å². The third kappa shape index (κ3) is 6.10. The highest BCUT2D eigenvalue weighted by molar-refractivity contribution is 7.09. The van der Waals surface area contributed by atoms with E-state index in [-0.39, 0.29) is 36.3 Å². The number of amides is 1. The van der Waals surface area contributed by atoms with E-state index in [0.29, 0.717) is 12.3 Å². The summed E-state index contributed by atoms with van der Waals surface area (Å²) in [5.74, 6) is 0.792. The van der Waals surface area contributed by atoms with E-state index in [2.05, 4.69) is 15.6 Å². The van der Waals surface area contributed by atoms with Crippen molar-refractivity contribution in [3.05, 3.63) is 16.1 Å². The van der Waals surface area contributed by atoms with E-state index >= 15 is 0 Å². The highest BCUT2D eigenvalue weighted by atomic mass is 35.5. The van der Waals surface area contributed by atoms with E-state index < -0.39 is 0 Å². The Labute approximate surface area is 143 Å². The van der Waals surface area contributed by atoms with Gasteiger partial charge in [0.05, 0.1) is 5.54 Å². The molecule has 7 heteroatoms. The van der Waals surface area contributed by atoms with Crippen LogP contribution < -0.4 is 10.6 Å². The molecule has 2 heterocycles. The van der Waals surface area contributed by atoms with Gasteiger partial charge in [-0.15, -0.1) is 36.2 Å². The van der Waals surface area contributed by atoms with Gasteiger partial charge in [0.2, 0.25) is 5.91 Å². The highest BCUT2D eigenvalue weighted by Gasteiger charge is 2.26. The third-order valence-electron chi connectivity index (χ3n) is 3.55. The molecule has 1 aliphatic rings. The lowest BCUT2D eigenvalue weighted by Gasteiger charge is -2.24. The number of hydrogen-bond acceptors (Lipinski definition) is 4. The van der Waals surface area contributed by atoms with Crippen molar-refractivity contribution in [2.24, 2.45) is 5.92 Å². The average molecular weight is 354 g/mol. The van der Waals surface area contributed by atoms with Crippen molar-refractivity contribution in [2.75, 3.05) is 13.1 Å². The second-order valence-electron chi connectivity index (χ2n) is 5.86. The molecule has 1 aromatic rings. The summed E-state index contributed by atoms with van der Waals surface area (Å²) >= 11 is 1.61. The lowest BCUT2D eigenvalue weighted by Crippen LogP contribution is -2.41. The Bertz CT molecular complexity index is 445. The molecule has 2 N–H and O–H groups in total. The Morgan fingerprint density at radius 1 is 1.52 bits per heavy atom. The number of carbonyl (C=O) groups is 1. The first kappa shape index (κ1) is 20.6. The Balaban J connectivity index is 0.00000200. The molecule has 21 heavy (non-hydrogen) atoms. The summed E-state index contributed by atoms with van der Waals surface area (Å²) in [6.45, 7) is 8.16. The quantitative estimate of drug-likeness (QED) is 0.855. The number of halogens is 2. The number of nitrogens with zero attached hydrogens (tertiary/aromatic N) is 1. The smallest absolute Gasteiger partial charge is 0.220 e. The standard InChI is InChI=1S/C14H23N3OS.2ClH/c1-10-9-19-13(16-10)14(2,3)17-12(18)5-4-11-6-7-15-8-11;;/h9,11,15H,4-8H2,1-3H3,(H,17,18);2*1H. The highest BCUT2D eigenvalue weighted by Crippen LogP contribution is 2.24. The summed E-state index contributed by atoms with van der Waals surface area (Å²) < 4.78 is 0. The Kier molecular flexibility index (Phi) is 8.78. The van der Waals surface area contributed by atoms with Gasteiger partial charge in [0, 0.05) is 17.5 Å². The normalized spacial score (nSPS) is 17.8. The van der Waals surface area contributed by atoms with Crippen molar-refractivity contribution in [1.82, 2.24) is 15.6 Å². The van der Waals surface area contributed by atoms with Crippen molar-refractivity contribution in [1.29, 1.82) is 0 Å². The molecule has 0 aromatic carbocycles. The maximum Gasteiger partial charge on any atom is 0.220 e. The van der Waals surface area contributed by atoms with Crippen LogP contribution in [0.25, 0.3) is 0 Å². The maximum absolute atomic E-state index is 12.0. The molecule has 1 aromatic heterocycles. The van der Waals surface area contributed by atoms with Gasteiger partial charge in [-0.25, -0.2) is 4.98 Å². The molecule has 1 atom stereocenters. The van der Waals surface area contributed by atoms with Gasteiger partial charge in [-0.05, 0) is 52.6 Å². The molecule has 0 radical (unpaired) electrons. The molecule has 0 bridgehead atoms. The van der Waals surface area contributed by atoms with Gasteiger partial charge in [-0.3, -0.25) is 4.79 Å². The summed E-state index contributed by atoms with van der Waals surface area (Å²) in [5.41, 5.74) is 0.642. The first-order valence-corrected chi connectivity index (χ1v) is 7.79. The lowest BCUT2D eigenvalue weighted by molar-refractivity contribution is -0.123.